The fourth-order valence-corrected chi connectivity index (χ4v) is 4.88. The number of nitrogens with zero attached hydrogens (tertiary/aromatic N) is 1. The molecule has 1 amide bonds. The number of hydrogen-bond donors (Lipinski definition) is 1. The van der Waals surface area contributed by atoms with Gasteiger partial charge in [-0.1, -0.05) is 15.9 Å². The van der Waals surface area contributed by atoms with E-state index < -0.39 is 21.6 Å². The third-order valence-corrected chi connectivity index (χ3v) is 7.07. The molecule has 0 unspecified atom stereocenters. The van der Waals surface area contributed by atoms with Crippen molar-refractivity contribution in [3.63, 3.8) is 0 Å². The molecule has 30 heavy (non-hydrogen) atoms. The number of hydrogen-bond acceptors (Lipinski definition) is 6. The van der Waals surface area contributed by atoms with Crippen LogP contribution in [0.15, 0.2) is 67.1 Å². The lowest BCUT2D eigenvalue weighted by Crippen LogP contribution is -2.40. The van der Waals surface area contributed by atoms with Crippen molar-refractivity contribution in [2.45, 2.75) is 4.90 Å². The van der Waals surface area contributed by atoms with Crippen LogP contribution in [0.25, 0.3) is 11.0 Å². The average Bonchev–Trinajstić information content (AvgIpc) is 2.74. The number of amides is 1. The number of ether oxygens (including phenoxy) is 1. The maximum Gasteiger partial charge on any atom is 0.349 e. The molecule has 0 aliphatic carbocycles. The lowest BCUT2D eigenvalue weighted by molar-refractivity contribution is 0.0730. The molecule has 2 aromatic carbocycles. The highest BCUT2D eigenvalue weighted by molar-refractivity contribution is 9.10. The Bertz CT molecular complexity index is 1260. The minimum Gasteiger partial charge on any atom is -0.422 e. The molecule has 0 bridgehead atoms. The summed E-state index contributed by atoms with van der Waals surface area (Å²) in [5.74, 6) is -0.644. The highest BCUT2D eigenvalue weighted by Crippen LogP contribution is 2.21. The molecule has 1 fully saturated rings. The van der Waals surface area contributed by atoms with Gasteiger partial charge in [0, 0.05) is 28.6 Å². The van der Waals surface area contributed by atoms with Crippen molar-refractivity contribution in [2.75, 3.05) is 31.6 Å². The van der Waals surface area contributed by atoms with Crippen molar-refractivity contribution < 1.29 is 22.4 Å². The maximum atomic E-state index is 12.7. The largest absolute Gasteiger partial charge is 0.422 e. The summed E-state index contributed by atoms with van der Waals surface area (Å²) in [5.41, 5.74) is -0.174. The average molecular weight is 493 g/mol. The molecule has 1 aliphatic heterocycles. The van der Waals surface area contributed by atoms with Crippen LogP contribution < -0.4 is 10.9 Å². The van der Waals surface area contributed by atoms with E-state index in [-0.39, 0.29) is 10.5 Å². The monoisotopic (exact) mass is 492 g/mol. The molecule has 1 N–H and O–H groups in total. The number of carbonyl (C=O) groups is 1. The Morgan fingerprint density at radius 3 is 2.43 bits per heavy atom. The number of anilines is 1. The third-order valence-electron chi connectivity index (χ3n) is 4.66. The number of fused-ring (bicyclic) bond motifs is 1. The fourth-order valence-electron chi connectivity index (χ4n) is 3.10. The summed E-state index contributed by atoms with van der Waals surface area (Å²) < 4.78 is 37.9. The zero-order valence-electron chi connectivity index (χ0n) is 15.6. The summed E-state index contributed by atoms with van der Waals surface area (Å²) in [4.78, 5) is 24.9. The second kappa shape index (κ2) is 8.31. The topological polar surface area (TPSA) is 106 Å². The summed E-state index contributed by atoms with van der Waals surface area (Å²) in [7, 11) is -3.62. The van der Waals surface area contributed by atoms with Crippen LogP contribution in [0.3, 0.4) is 0 Å². The van der Waals surface area contributed by atoms with Gasteiger partial charge in [0.25, 0.3) is 5.91 Å². The van der Waals surface area contributed by atoms with Crippen molar-refractivity contribution in [3.05, 3.63) is 69.0 Å². The van der Waals surface area contributed by atoms with Gasteiger partial charge in [-0.2, -0.15) is 4.31 Å². The van der Waals surface area contributed by atoms with Crippen LogP contribution in [0.5, 0.6) is 0 Å². The van der Waals surface area contributed by atoms with Crippen LogP contribution in [0.4, 0.5) is 5.69 Å². The Labute approximate surface area is 180 Å². The van der Waals surface area contributed by atoms with Crippen molar-refractivity contribution in [1.82, 2.24) is 4.31 Å². The van der Waals surface area contributed by atoms with Gasteiger partial charge in [0.1, 0.15) is 11.1 Å². The Kier molecular flexibility index (Phi) is 5.74. The van der Waals surface area contributed by atoms with E-state index in [1.165, 1.54) is 34.6 Å². The number of sulfonamides is 1. The van der Waals surface area contributed by atoms with Gasteiger partial charge in [0.2, 0.25) is 10.0 Å². The molecule has 0 spiro atoms. The highest BCUT2D eigenvalue weighted by atomic mass is 79.9. The minimum atomic E-state index is -3.62. The van der Waals surface area contributed by atoms with Gasteiger partial charge in [-0.3, -0.25) is 4.79 Å². The molecule has 0 saturated carbocycles. The first-order valence-corrected chi connectivity index (χ1v) is 11.3. The van der Waals surface area contributed by atoms with Crippen LogP contribution in [0.1, 0.15) is 10.4 Å². The summed E-state index contributed by atoms with van der Waals surface area (Å²) >= 11 is 3.34. The lowest BCUT2D eigenvalue weighted by Gasteiger charge is -2.26. The van der Waals surface area contributed by atoms with Crippen LogP contribution in [-0.4, -0.2) is 44.9 Å². The number of morpholine rings is 1. The number of rotatable bonds is 4. The van der Waals surface area contributed by atoms with Crippen molar-refractivity contribution in [3.8, 4) is 0 Å². The predicted octanol–water partition coefficient (Wildman–Crippen LogP) is 2.83. The number of halogens is 1. The Balaban J connectivity index is 1.55. The zero-order chi connectivity index (χ0) is 21.3. The van der Waals surface area contributed by atoms with E-state index in [0.29, 0.717) is 43.0 Å². The minimum absolute atomic E-state index is 0.123. The highest BCUT2D eigenvalue weighted by Gasteiger charge is 2.26. The van der Waals surface area contributed by atoms with Gasteiger partial charge in [0.05, 0.1) is 18.1 Å². The first-order chi connectivity index (χ1) is 14.3. The first-order valence-electron chi connectivity index (χ1n) is 9.07. The molecule has 4 rings (SSSR count). The smallest absolute Gasteiger partial charge is 0.349 e. The molecule has 0 atom stereocenters. The molecule has 1 aliphatic rings. The van der Waals surface area contributed by atoms with Crippen LogP contribution in [-0.2, 0) is 14.8 Å². The summed E-state index contributed by atoms with van der Waals surface area (Å²) in [6, 6.07) is 12.3. The van der Waals surface area contributed by atoms with Crippen molar-refractivity contribution in [1.29, 1.82) is 0 Å². The van der Waals surface area contributed by atoms with Crippen LogP contribution in [0.2, 0.25) is 0 Å². The molecular weight excluding hydrogens is 476 g/mol. The van der Waals surface area contributed by atoms with E-state index >= 15 is 0 Å². The maximum absolute atomic E-state index is 12.7. The first kappa shape index (κ1) is 20.7. The molecule has 2 heterocycles. The third kappa shape index (κ3) is 4.17. The molecular formula is C20H17BrN2O6S. The lowest BCUT2D eigenvalue weighted by atomic mass is 10.1. The SMILES string of the molecule is O=C(Nc1ccc(S(=O)(=O)N2CCOCC2)cc1)c1cc2cc(Br)ccc2oc1=O. The normalized spacial score (nSPS) is 15.2. The van der Waals surface area contributed by atoms with Crippen LogP contribution >= 0.6 is 15.9 Å². The van der Waals surface area contributed by atoms with E-state index in [4.69, 9.17) is 9.15 Å². The van der Waals surface area contributed by atoms with Crippen molar-refractivity contribution >= 4 is 48.5 Å². The molecule has 156 valence electrons. The predicted molar refractivity (Wildman–Crippen MR) is 114 cm³/mol. The van der Waals surface area contributed by atoms with Crippen LogP contribution in [0, 0.1) is 0 Å². The Morgan fingerprint density at radius 2 is 1.73 bits per heavy atom. The number of benzene rings is 2. The second-order valence-electron chi connectivity index (χ2n) is 6.62. The van der Waals surface area contributed by atoms with E-state index in [1.807, 2.05) is 0 Å². The summed E-state index contributed by atoms with van der Waals surface area (Å²) in [6.45, 7) is 1.32. The molecule has 8 nitrogen and oxygen atoms in total. The number of carbonyl (C=O) groups excluding carboxylic acids is 1. The van der Waals surface area contributed by atoms with Gasteiger partial charge >= 0.3 is 5.63 Å². The van der Waals surface area contributed by atoms with Gasteiger partial charge in [-0.05, 0) is 48.5 Å². The summed E-state index contributed by atoms with van der Waals surface area (Å²) in [5, 5.41) is 3.20. The van der Waals surface area contributed by atoms with Crippen molar-refractivity contribution in [2.24, 2.45) is 0 Å². The Hall–Kier alpha value is -2.53. The van der Waals surface area contributed by atoms with E-state index in [2.05, 4.69) is 21.2 Å². The van der Waals surface area contributed by atoms with Gasteiger partial charge in [0.15, 0.2) is 0 Å². The zero-order valence-corrected chi connectivity index (χ0v) is 18.0. The standard InChI is InChI=1S/C20H17BrN2O6S/c21-14-1-6-18-13(11-14)12-17(20(25)29-18)19(24)22-15-2-4-16(5-3-15)30(26,27)23-7-9-28-10-8-23/h1-6,11-12H,7-10H2,(H,22,24). The molecule has 10 heteroatoms. The van der Waals surface area contributed by atoms with Gasteiger partial charge in [-0.15, -0.1) is 0 Å². The van der Waals surface area contributed by atoms with E-state index in [1.54, 1.807) is 18.2 Å². The molecule has 0 radical (unpaired) electrons. The molecule has 1 aromatic heterocycles. The number of nitrogens with one attached hydrogen (secondary N) is 1. The molecule has 3 aromatic rings. The second-order valence-corrected chi connectivity index (χ2v) is 9.48. The van der Waals surface area contributed by atoms with E-state index in [0.717, 1.165) is 4.47 Å². The quantitative estimate of drug-likeness (QED) is 0.561. The fraction of sp³-hybridized carbons (Fsp3) is 0.200. The van der Waals surface area contributed by atoms with E-state index in [9.17, 15) is 18.0 Å². The van der Waals surface area contributed by atoms with Gasteiger partial charge < -0.3 is 14.5 Å². The summed E-state index contributed by atoms with van der Waals surface area (Å²) in [6.07, 6.45) is 0. The molecule has 1 saturated heterocycles. The van der Waals surface area contributed by atoms with Gasteiger partial charge in [-0.25, -0.2) is 13.2 Å². The Morgan fingerprint density at radius 1 is 1.03 bits per heavy atom.